The standard InChI is InChI=1S/C8H15ClOS/c1-3-8(2,11-9)7-5-4-6-10-7/h7H,3-6H2,1-2H3. The van der Waals surface area contributed by atoms with Crippen molar-refractivity contribution in [1.29, 1.82) is 0 Å². The molecule has 0 spiro atoms. The van der Waals surface area contributed by atoms with Gasteiger partial charge >= 0.3 is 0 Å². The molecule has 0 N–H and O–H groups in total. The van der Waals surface area contributed by atoms with Crippen LogP contribution in [-0.2, 0) is 4.74 Å². The average molecular weight is 195 g/mol. The number of halogens is 1. The van der Waals surface area contributed by atoms with Crippen molar-refractivity contribution in [2.24, 2.45) is 0 Å². The SMILES string of the molecule is CCC(C)(SCl)C1CCCO1. The first-order valence-electron chi connectivity index (χ1n) is 4.14. The van der Waals surface area contributed by atoms with E-state index < -0.39 is 0 Å². The quantitative estimate of drug-likeness (QED) is 0.683. The number of ether oxygens (including phenoxy) is 1. The van der Waals surface area contributed by atoms with E-state index in [9.17, 15) is 0 Å². The van der Waals surface area contributed by atoms with Gasteiger partial charge in [0, 0.05) is 6.61 Å². The van der Waals surface area contributed by atoms with Gasteiger partial charge in [-0.15, -0.1) is 0 Å². The Bertz CT molecular complexity index is 119. The molecule has 0 aromatic carbocycles. The van der Waals surface area contributed by atoms with Gasteiger partial charge in [-0.1, -0.05) is 6.92 Å². The summed E-state index contributed by atoms with van der Waals surface area (Å²) in [6.45, 7) is 5.26. The molecule has 0 aromatic heterocycles. The van der Waals surface area contributed by atoms with E-state index in [1.54, 1.807) is 0 Å². The predicted molar refractivity (Wildman–Crippen MR) is 51.1 cm³/mol. The highest BCUT2D eigenvalue weighted by molar-refractivity contribution is 8.22. The van der Waals surface area contributed by atoms with Gasteiger partial charge in [-0.2, -0.15) is 0 Å². The monoisotopic (exact) mass is 194 g/mol. The second-order valence-corrected chi connectivity index (χ2v) is 4.79. The molecule has 11 heavy (non-hydrogen) atoms. The summed E-state index contributed by atoms with van der Waals surface area (Å²) in [5.74, 6) is 0. The highest BCUT2D eigenvalue weighted by Crippen LogP contribution is 2.40. The summed E-state index contributed by atoms with van der Waals surface area (Å²) in [7, 11) is 7.24. The van der Waals surface area contributed by atoms with Crippen LogP contribution < -0.4 is 0 Å². The van der Waals surface area contributed by atoms with Crippen molar-refractivity contribution >= 4 is 21.7 Å². The van der Waals surface area contributed by atoms with Crippen LogP contribution in [0.4, 0.5) is 0 Å². The molecule has 0 aliphatic carbocycles. The van der Waals surface area contributed by atoms with E-state index in [4.69, 9.17) is 15.4 Å². The fourth-order valence-corrected chi connectivity index (χ4v) is 2.41. The van der Waals surface area contributed by atoms with Crippen molar-refractivity contribution in [1.82, 2.24) is 0 Å². The third-order valence-electron chi connectivity index (χ3n) is 2.49. The van der Waals surface area contributed by atoms with Crippen molar-refractivity contribution in [2.75, 3.05) is 6.61 Å². The predicted octanol–water partition coefficient (Wildman–Crippen LogP) is 3.22. The molecule has 1 fully saturated rings. The molecule has 1 aliphatic heterocycles. The zero-order chi connectivity index (χ0) is 8.32. The molecule has 2 unspecified atom stereocenters. The van der Waals surface area contributed by atoms with Gasteiger partial charge in [-0.3, -0.25) is 0 Å². The first kappa shape index (κ1) is 9.69. The van der Waals surface area contributed by atoms with Crippen LogP contribution in [0.2, 0.25) is 0 Å². The van der Waals surface area contributed by atoms with Gasteiger partial charge in [0.15, 0.2) is 0 Å². The Balaban J connectivity index is 2.52. The van der Waals surface area contributed by atoms with Crippen LogP contribution in [0.1, 0.15) is 33.1 Å². The van der Waals surface area contributed by atoms with Crippen molar-refractivity contribution in [3.8, 4) is 0 Å². The van der Waals surface area contributed by atoms with E-state index in [0.29, 0.717) is 6.10 Å². The zero-order valence-corrected chi connectivity index (χ0v) is 8.67. The lowest BCUT2D eigenvalue weighted by molar-refractivity contribution is 0.0822. The van der Waals surface area contributed by atoms with Gasteiger partial charge < -0.3 is 4.74 Å². The minimum atomic E-state index is 0.123. The minimum absolute atomic E-state index is 0.123. The van der Waals surface area contributed by atoms with Crippen LogP contribution in [0, 0.1) is 0 Å². The summed E-state index contributed by atoms with van der Waals surface area (Å²) in [5, 5.41) is 0. The molecule has 0 saturated carbocycles. The second kappa shape index (κ2) is 4.01. The normalized spacial score (nSPS) is 30.3. The molecule has 0 aromatic rings. The summed E-state index contributed by atoms with van der Waals surface area (Å²) >= 11 is 0. The summed E-state index contributed by atoms with van der Waals surface area (Å²) in [6.07, 6.45) is 3.81. The second-order valence-electron chi connectivity index (χ2n) is 3.25. The van der Waals surface area contributed by atoms with E-state index in [0.717, 1.165) is 13.0 Å². The van der Waals surface area contributed by atoms with E-state index in [1.165, 1.54) is 23.8 Å². The van der Waals surface area contributed by atoms with Crippen LogP contribution in [0.3, 0.4) is 0 Å². The van der Waals surface area contributed by atoms with Crippen molar-refractivity contribution in [3.63, 3.8) is 0 Å². The Morgan fingerprint density at radius 1 is 1.73 bits per heavy atom. The van der Waals surface area contributed by atoms with Gasteiger partial charge in [-0.05, 0) is 47.8 Å². The van der Waals surface area contributed by atoms with Gasteiger partial charge in [0.2, 0.25) is 0 Å². The van der Waals surface area contributed by atoms with E-state index in [2.05, 4.69) is 13.8 Å². The smallest absolute Gasteiger partial charge is 0.0731 e. The molecular weight excluding hydrogens is 180 g/mol. The van der Waals surface area contributed by atoms with Gasteiger partial charge in [0.05, 0.1) is 10.9 Å². The third kappa shape index (κ3) is 2.04. The van der Waals surface area contributed by atoms with E-state index >= 15 is 0 Å². The molecule has 1 rings (SSSR count). The summed E-state index contributed by atoms with van der Waals surface area (Å²) in [5.41, 5.74) is 0. The van der Waals surface area contributed by atoms with Gasteiger partial charge in [0.25, 0.3) is 0 Å². The minimum Gasteiger partial charge on any atom is -0.377 e. The first-order valence-corrected chi connectivity index (χ1v) is 5.78. The van der Waals surface area contributed by atoms with Crippen molar-refractivity contribution < 1.29 is 4.74 Å². The molecule has 1 heterocycles. The van der Waals surface area contributed by atoms with E-state index in [-0.39, 0.29) is 4.75 Å². The topological polar surface area (TPSA) is 9.23 Å². The van der Waals surface area contributed by atoms with Gasteiger partial charge in [0.1, 0.15) is 0 Å². The molecule has 0 radical (unpaired) electrons. The van der Waals surface area contributed by atoms with Crippen LogP contribution in [-0.4, -0.2) is 17.5 Å². The zero-order valence-electron chi connectivity index (χ0n) is 7.10. The van der Waals surface area contributed by atoms with Crippen LogP contribution in [0.15, 0.2) is 0 Å². The largest absolute Gasteiger partial charge is 0.377 e. The first-order chi connectivity index (χ1) is 5.23. The molecule has 2 atom stereocenters. The Kier molecular flexibility index (Phi) is 3.53. The highest BCUT2D eigenvalue weighted by atomic mass is 35.7. The molecule has 66 valence electrons. The Hall–Kier alpha value is 0.600. The van der Waals surface area contributed by atoms with Crippen LogP contribution >= 0.6 is 21.7 Å². The Morgan fingerprint density at radius 2 is 2.45 bits per heavy atom. The lowest BCUT2D eigenvalue weighted by atomic mass is 9.98. The van der Waals surface area contributed by atoms with E-state index in [1.807, 2.05) is 0 Å². The summed E-state index contributed by atoms with van der Waals surface area (Å²) < 4.78 is 5.72. The molecule has 1 nitrogen and oxygen atoms in total. The van der Waals surface area contributed by atoms with Crippen molar-refractivity contribution in [3.05, 3.63) is 0 Å². The maximum Gasteiger partial charge on any atom is 0.0731 e. The molecule has 0 bridgehead atoms. The lowest BCUT2D eigenvalue weighted by Crippen LogP contribution is -2.33. The maximum atomic E-state index is 5.83. The number of hydrogen-bond acceptors (Lipinski definition) is 2. The number of rotatable bonds is 3. The fraction of sp³-hybridized carbons (Fsp3) is 1.00. The lowest BCUT2D eigenvalue weighted by Gasteiger charge is -2.30. The van der Waals surface area contributed by atoms with Crippen molar-refractivity contribution in [2.45, 2.75) is 44.0 Å². The average Bonchev–Trinajstić information content (AvgIpc) is 2.55. The molecule has 0 amide bonds. The summed E-state index contributed by atoms with van der Waals surface area (Å²) in [6, 6.07) is 0. The number of hydrogen-bond donors (Lipinski definition) is 0. The molecule has 1 saturated heterocycles. The van der Waals surface area contributed by atoms with Gasteiger partial charge in [-0.25, -0.2) is 0 Å². The highest BCUT2D eigenvalue weighted by Gasteiger charge is 2.35. The summed E-state index contributed by atoms with van der Waals surface area (Å²) in [4.78, 5) is 0. The third-order valence-corrected chi connectivity index (χ3v) is 4.45. The fourth-order valence-electron chi connectivity index (χ4n) is 1.39. The Morgan fingerprint density at radius 3 is 2.82 bits per heavy atom. The maximum absolute atomic E-state index is 5.83. The van der Waals surface area contributed by atoms with Crippen LogP contribution in [0.25, 0.3) is 0 Å². The van der Waals surface area contributed by atoms with Crippen LogP contribution in [0.5, 0.6) is 0 Å². The molecular formula is C8H15ClOS. The Labute approximate surface area is 77.3 Å². The molecule has 1 aliphatic rings. The molecule has 3 heteroatoms.